The van der Waals surface area contributed by atoms with Crippen molar-refractivity contribution in [3.8, 4) is 0 Å². The summed E-state index contributed by atoms with van der Waals surface area (Å²) in [5.41, 5.74) is 0.717. The van der Waals surface area contributed by atoms with Crippen LogP contribution in [0.3, 0.4) is 0 Å². The fourth-order valence-corrected chi connectivity index (χ4v) is 2.02. The average molecular weight is 353 g/mol. The molecule has 0 bridgehead atoms. The molecule has 132 valence electrons. The predicted molar refractivity (Wildman–Crippen MR) is 81.2 cm³/mol. The highest BCUT2D eigenvalue weighted by atomic mass is 19.2. The van der Waals surface area contributed by atoms with Crippen LogP contribution in [0.5, 0.6) is 0 Å². The Morgan fingerprint density at radius 1 is 1.00 bits per heavy atom. The average Bonchev–Trinajstić information content (AvgIpc) is 2.57. The van der Waals surface area contributed by atoms with E-state index in [1.807, 2.05) is 0 Å². The Morgan fingerprint density at radius 2 is 1.64 bits per heavy atom. The number of ether oxygens (including phenoxy) is 1. The third kappa shape index (κ3) is 5.52. The molecule has 0 spiro atoms. The van der Waals surface area contributed by atoms with E-state index >= 15 is 0 Å². The first-order valence-electron chi connectivity index (χ1n) is 7.19. The van der Waals surface area contributed by atoms with Gasteiger partial charge in [0.25, 0.3) is 0 Å². The number of amides is 1. The molecule has 0 radical (unpaired) electrons. The number of nitrogens with one attached hydrogen (secondary N) is 1. The van der Waals surface area contributed by atoms with E-state index in [1.54, 1.807) is 0 Å². The standard InChI is InChI=1S/C17H14F3NO4/c18-12-4-1-10(2-5-12)9-25-17(24)21-15(16(22)23)8-11-3-6-13(19)14(20)7-11/h1-7,15H,8-9H2,(H,21,24)(H,22,23). The number of carboxylic acids is 1. The Labute approximate surface area is 141 Å². The van der Waals surface area contributed by atoms with Crippen LogP contribution >= 0.6 is 0 Å². The number of halogens is 3. The molecule has 5 nitrogen and oxygen atoms in total. The molecule has 0 aliphatic heterocycles. The second-order valence-electron chi connectivity index (χ2n) is 5.19. The fraction of sp³-hybridized carbons (Fsp3) is 0.176. The van der Waals surface area contributed by atoms with Gasteiger partial charge in [-0.05, 0) is 35.4 Å². The molecule has 8 heteroatoms. The van der Waals surface area contributed by atoms with Gasteiger partial charge in [-0.3, -0.25) is 0 Å². The molecule has 0 aliphatic rings. The van der Waals surface area contributed by atoms with Gasteiger partial charge >= 0.3 is 12.1 Å². The summed E-state index contributed by atoms with van der Waals surface area (Å²) < 4.78 is 43.7. The van der Waals surface area contributed by atoms with Crippen molar-refractivity contribution in [3.63, 3.8) is 0 Å². The highest BCUT2D eigenvalue weighted by Crippen LogP contribution is 2.11. The van der Waals surface area contributed by atoms with E-state index in [1.165, 1.54) is 30.3 Å². The van der Waals surface area contributed by atoms with E-state index in [0.29, 0.717) is 5.56 Å². The zero-order valence-electron chi connectivity index (χ0n) is 12.8. The van der Waals surface area contributed by atoms with E-state index < -0.39 is 35.6 Å². The van der Waals surface area contributed by atoms with Crippen LogP contribution in [-0.4, -0.2) is 23.2 Å². The van der Waals surface area contributed by atoms with E-state index in [-0.39, 0.29) is 18.6 Å². The molecule has 0 saturated heterocycles. The zero-order chi connectivity index (χ0) is 18.4. The molecule has 25 heavy (non-hydrogen) atoms. The Morgan fingerprint density at radius 3 is 2.24 bits per heavy atom. The molecule has 0 heterocycles. The zero-order valence-corrected chi connectivity index (χ0v) is 12.8. The molecule has 0 aliphatic carbocycles. The Balaban J connectivity index is 1.93. The van der Waals surface area contributed by atoms with Crippen LogP contribution in [0, 0.1) is 17.5 Å². The first kappa shape index (κ1) is 18.3. The maximum Gasteiger partial charge on any atom is 0.408 e. The fourth-order valence-electron chi connectivity index (χ4n) is 2.02. The van der Waals surface area contributed by atoms with Crippen LogP contribution in [0.4, 0.5) is 18.0 Å². The Hall–Kier alpha value is -3.03. The van der Waals surface area contributed by atoms with Crippen LogP contribution in [-0.2, 0) is 22.6 Å². The number of aliphatic carboxylic acids is 1. The number of hydrogen-bond donors (Lipinski definition) is 2. The van der Waals surface area contributed by atoms with Gasteiger partial charge in [0.05, 0.1) is 0 Å². The molecule has 2 aromatic rings. The van der Waals surface area contributed by atoms with Gasteiger partial charge in [-0.1, -0.05) is 18.2 Å². The normalized spacial score (nSPS) is 11.6. The molecule has 0 fully saturated rings. The summed E-state index contributed by atoms with van der Waals surface area (Å²) in [5, 5.41) is 11.3. The topological polar surface area (TPSA) is 75.6 Å². The van der Waals surface area contributed by atoms with Crippen molar-refractivity contribution in [1.29, 1.82) is 0 Å². The molecule has 0 saturated carbocycles. The lowest BCUT2D eigenvalue weighted by atomic mass is 10.1. The minimum atomic E-state index is -1.38. The van der Waals surface area contributed by atoms with Crippen molar-refractivity contribution < 1.29 is 32.6 Å². The Bertz CT molecular complexity index is 765. The van der Waals surface area contributed by atoms with Gasteiger partial charge in [0, 0.05) is 6.42 Å². The first-order chi connectivity index (χ1) is 11.8. The van der Waals surface area contributed by atoms with Gasteiger partial charge in [0.2, 0.25) is 0 Å². The number of rotatable bonds is 6. The summed E-state index contributed by atoms with van der Waals surface area (Å²) in [6.45, 7) is -0.177. The number of alkyl carbamates (subject to hydrolysis) is 1. The van der Waals surface area contributed by atoms with Crippen LogP contribution in [0.25, 0.3) is 0 Å². The van der Waals surface area contributed by atoms with Crippen molar-refractivity contribution in [2.75, 3.05) is 0 Å². The number of carboxylic acid groups (broad SMARTS) is 1. The third-order valence-corrected chi connectivity index (χ3v) is 3.30. The molecule has 2 N–H and O–H groups in total. The van der Waals surface area contributed by atoms with Crippen LogP contribution < -0.4 is 5.32 Å². The van der Waals surface area contributed by atoms with Gasteiger partial charge in [0.1, 0.15) is 18.5 Å². The van der Waals surface area contributed by atoms with Crippen LogP contribution in [0.15, 0.2) is 42.5 Å². The number of carbonyl (C=O) groups excluding carboxylic acids is 1. The molecule has 1 unspecified atom stereocenters. The van der Waals surface area contributed by atoms with Crippen molar-refractivity contribution in [3.05, 3.63) is 71.0 Å². The van der Waals surface area contributed by atoms with Crippen LogP contribution in [0.2, 0.25) is 0 Å². The van der Waals surface area contributed by atoms with Gasteiger partial charge in [0.15, 0.2) is 11.6 Å². The van der Waals surface area contributed by atoms with Crippen molar-refractivity contribution in [2.24, 2.45) is 0 Å². The summed E-state index contributed by atoms with van der Waals surface area (Å²) >= 11 is 0. The second-order valence-corrected chi connectivity index (χ2v) is 5.19. The number of benzene rings is 2. The highest BCUT2D eigenvalue weighted by molar-refractivity contribution is 5.80. The van der Waals surface area contributed by atoms with Crippen molar-refractivity contribution in [1.82, 2.24) is 5.32 Å². The van der Waals surface area contributed by atoms with Gasteiger partial charge in [-0.2, -0.15) is 0 Å². The summed E-state index contributed by atoms with van der Waals surface area (Å²) in [6.07, 6.45) is -1.25. The van der Waals surface area contributed by atoms with E-state index in [0.717, 1.165) is 12.1 Å². The second kappa shape index (κ2) is 8.18. The summed E-state index contributed by atoms with van der Waals surface area (Å²) in [5.74, 6) is -3.96. The SMILES string of the molecule is O=C(NC(Cc1ccc(F)c(F)c1)C(=O)O)OCc1ccc(F)cc1. The van der Waals surface area contributed by atoms with Crippen molar-refractivity contribution >= 4 is 12.1 Å². The van der Waals surface area contributed by atoms with E-state index in [2.05, 4.69) is 5.32 Å². The molecule has 1 amide bonds. The van der Waals surface area contributed by atoms with Gasteiger partial charge in [-0.25, -0.2) is 22.8 Å². The monoisotopic (exact) mass is 353 g/mol. The minimum Gasteiger partial charge on any atom is -0.480 e. The molecular weight excluding hydrogens is 339 g/mol. The highest BCUT2D eigenvalue weighted by Gasteiger charge is 2.21. The largest absolute Gasteiger partial charge is 0.480 e. The maximum atomic E-state index is 13.2. The predicted octanol–water partition coefficient (Wildman–Crippen LogP) is 3.03. The summed E-state index contributed by atoms with van der Waals surface area (Å²) in [7, 11) is 0. The Kier molecular flexibility index (Phi) is 5.99. The smallest absolute Gasteiger partial charge is 0.408 e. The third-order valence-electron chi connectivity index (χ3n) is 3.30. The molecule has 0 aromatic heterocycles. The van der Waals surface area contributed by atoms with E-state index in [9.17, 15) is 22.8 Å². The van der Waals surface area contributed by atoms with Crippen molar-refractivity contribution in [2.45, 2.75) is 19.1 Å². The maximum absolute atomic E-state index is 13.2. The summed E-state index contributed by atoms with van der Waals surface area (Å²) in [6, 6.07) is 6.79. The van der Waals surface area contributed by atoms with Crippen LogP contribution in [0.1, 0.15) is 11.1 Å². The molecule has 2 rings (SSSR count). The van der Waals surface area contributed by atoms with E-state index in [4.69, 9.17) is 9.84 Å². The molecule has 1 atom stereocenters. The molecule has 2 aromatic carbocycles. The van der Waals surface area contributed by atoms with Gasteiger partial charge < -0.3 is 15.2 Å². The van der Waals surface area contributed by atoms with Gasteiger partial charge in [-0.15, -0.1) is 0 Å². The minimum absolute atomic E-state index is 0.177. The summed E-state index contributed by atoms with van der Waals surface area (Å²) in [4.78, 5) is 22.9. The lowest BCUT2D eigenvalue weighted by molar-refractivity contribution is -0.139. The lowest BCUT2D eigenvalue weighted by Crippen LogP contribution is -2.42. The quantitative estimate of drug-likeness (QED) is 0.837. The molecular formula is C17H14F3NO4. The number of carbonyl (C=O) groups is 2. The first-order valence-corrected chi connectivity index (χ1v) is 7.19. The number of hydrogen-bond acceptors (Lipinski definition) is 3. The lowest BCUT2D eigenvalue weighted by Gasteiger charge is -2.15.